The average molecular weight is 278 g/mol. The molecule has 0 aromatic heterocycles. The molecule has 0 bridgehead atoms. The van der Waals surface area contributed by atoms with Gasteiger partial charge in [-0.1, -0.05) is 0 Å². The number of phosphoric ester groups is 1. The van der Waals surface area contributed by atoms with Gasteiger partial charge < -0.3 is 24.7 Å². The van der Waals surface area contributed by atoms with Crippen LogP contribution in [0.4, 0.5) is 0 Å². The summed E-state index contributed by atoms with van der Waals surface area (Å²) in [5.74, 6) is -2.54. The third-order valence-electron chi connectivity index (χ3n) is 1.77. The summed E-state index contributed by atoms with van der Waals surface area (Å²) in [6.45, 7) is -0.857. The van der Waals surface area contributed by atoms with Gasteiger partial charge in [0.15, 0.2) is 6.10 Å². The number of esters is 1. The van der Waals surface area contributed by atoms with E-state index in [9.17, 15) is 19.0 Å². The van der Waals surface area contributed by atoms with Gasteiger partial charge in [-0.25, -0.2) is 4.79 Å². The van der Waals surface area contributed by atoms with Crippen molar-refractivity contribution in [1.82, 2.24) is 0 Å². The van der Waals surface area contributed by atoms with E-state index in [4.69, 9.17) is 15.1 Å². The van der Waals surface area contributed by atoms with Crippen LogP contribution in [0.2, 0.25) is 0 Å². The second kappa shape index (κ2) is 6.37. The Bertz CT molecular complexity index is 351. The second-order valence-electron chi connectivity index (χ2n) is 2.96. The van der Waals surface area contributed by atoms with E-state index in [2.05, 4.69) is 9.26 Å². The van der Waals surface area contributed by atoms with Gasteiger partial charge in [-0.3, -0.25) is 13.9 Å². The van der Waals surface area contributed by atoms with Crippen molar-refractivity contribution >= 4 is 19.6 Å². The summed E-state index contributed by atoms with van der Waals surface area (Å²) in [5.41, 5.74) is 0. The van der Waals surface area contributed by atoms with E-state index in [1.807, 2.05) is 0 Å². The molecule has 9 nitrogen and oxygen atoms in total. The fraction of sp³-hybridized carbons (Fsp3) is 0.667. The van der Waals surface area contributed by atoms with E-state index in [0.717, 1.165) is 0 Å². The number of cyclic esters (lactones) is 1. The maximum absolute atomic E-state index is 11.3. The molecule has 1 fully saturated rings. The van der Waals surface area contributed by atoms with E-state index < -0.39 is 44.5 Å². The zero-order valence-electron chi connectivity index (χ0n) is 8.68. The first-order chi connectivity index (χ1) is 7.26. The van der Waals surface area contributed by atoms with Crippen LogP contribution in [0.15, 0.2) is 0 Å². The zero-order valence-corrected chi connectivity index (χ0v) is 11.6. The van der Waals surface area contributed by atoms with Crippen LogP contribution in [0.1, 0.15) is 0 Å². The van der Waals surface area contributed by atoms with E-state index in [-0.39, 0.29) is 29.6 Å². The number of rotatable bonds is 4. The average Bonchev–Trinajstić information content (AvgIpc) is 2.42. The first-order valence-corrected chi connectivity index (χ1v) is 5.51. The van der Waals surface area contributed by atoms with E-state index in [1.54, 1.807) is 0 Å². The third-order valence-corrected chi connectivity index (χ3v) is 2.25. The van der Waals surface area contributed by atoms with Crippen LogP contribution in [0.3, 0.4) is 0 Å². The number of hydrogen-bond donors (Lipinski definition) is 3. The number of phosphoric acid groups is 1. The molecule has 0 spiro atoms. The quantitative estimate of drug-likeness (QED) is 0.197. The van der Waals surface area contributed by atoms with Crippen molar-refractivity contribution in [1.29, 1.82) is 0 Å². The molecule has 4 atom stereocenters. The van der Waals surface area contributed by atoms with Crippen molar-refractivity contribution in [2.24, 2.45) is 0 Å². The van der Waals surface area contributed by atoms with Crippen LogP contribution in [0, 0.1) is 0 Å². The number of aliphatic hydroxyl groups excluding tert-OH is 2. The molecule has 17 heavy (non-hydrogen) atoms. The summed E-state index contributed by atoms with van der Waals surface area (Å²) < 4.78 is 18.4. The number of carbonyl (C=O) groups excluding carboxylic acids is 2. The molecule has 0 aromatic rings. The molecule has 1 saturated heterocycles. The minimum absolute atomic E-state index is 0. The molecule has 11 heteroatoms. The Labute approximate surface area is 117 Å². The SMILES string of the molecule is O=C1O[C@@H]([C@H](O)CO)C(=O)C1OP(=O)([O-])O.[Na+]. The number of carbonyl (C=O) groups is 2. The summed E-state index contributed by atoms with van der Waals surface area (Å²) in [6, 6.07) is 0. The minimum Gasteiger partial charge on any atom is -0.756 e. The normalized spacial score (nSPS) is 29.2. The Hall–Kier alpha value is 0.170. The minimum atomic E-state index is -5.27. The summed E-state index contributed by atoms with van der Waals surface area (Å²) in [5, 5.41) is 17.6. The monoisotopic (exact) mass is 278 g/mol. The van der Waals surface area contributed by atoms with Crippen LogP contribution in [-0.2, 0) is 23.4 Å². The Balaban J connectivity index is 0.00000256. The Morgan fingerprint density at radius 1 is 1.53 bits per heavy atom. The predicted molar refractivity (Wildman–Crippen MR) is 42.7 cm³/mol. The van der Waals surface area contributed by atoms with Gasteiger partial charge in [0.25, 0.3) is 7.82 Å². The van der Waals surface area contributed by atoms with Crippen molar-refractivity contribution in [3.05, 3.63) is 0 Å². The van der Waals surface area contributed by atoms with Crippen LogP contribution < -0.4 is 34.5 Å². The number of hydrogen-bond acceptors (Lipinski definition) is 8. The van der Waals surface area contributed by atoms with Crippen LogP contribution >= 0.6 is 7.82 Å². The summed E-state index contributed by atoms with van der Waals surface area (Å²) in [4.78, 5) is 40.9. The molecule has 1 heterocycles. The van der Waals surface area contributed by atoms with Crippen molar-refractivity contribution in [2.75, 3.05) is 6.61 Å². The molecule has 1 rings (SSSR count). The molecule has 0 aliphatic carbocycles. The van der Waals surface area contributed by atoms with Gasteiger partial charge in [0.05, 0.1) is 6.61 Å². The fourth-order valence-electron chi connectivity index (χ4n) is 1.10. The van der Waals surface area contributed by atoms with Crippen molar-refractivity contribution < 1.29 is 73.0 Å². The first kappa shape index (κ1) is 17.2. The van der Waals surface area contributed by atoms with E-state index in [1.165, 1.54) is 0 Å². The maximum Gasteiger partial charge on any atom is 1.00 e. The van der Waals surface area contributed by atoms with Gasteiger partial charge in [0.2, 0.25) is 11.9 Å². The smallest absolute Gasteiger partial charge is 0.756 e. The maximum atomic E-state index is 11.3. The topological polar surface area (TPSA) is 153 Å². The van der Waals surface area contributed by atoms with Crippen LogP contribution in [-0.4, -0.2) is 51.8 Å². The van der Waals surface area contributed by atoms with Gasteiger partial charge in [0, 0.05) is 0 Å². The van der Waals surface area contributed by atoms with Gasteiger partial charge in [-0.05, 0) is 0 Å². The molecule has 2 unspecified atom stereocenters. The number of ketones is 1. The molecule has 0 amide bonds. The molecule has 3 N–H and O–H groups in total. The number of ether oxygens (including phenoxy) is 1. The standard InChI is InChI=1S/C6H9O9P.Na/c7-1-2(8)4-3(9)5(6(10)14-4)15-16(11,12)13;/h2,4-5,7-8H,1H2,(H2,11,12,13);/q;+1/p-1/t2-,4+,5?;/m1./s1. The number of Topliss-reactive ketones (excluding diaryl/α,β-unsaturated/α-hetero) is 1. The van der Waals surface area contributed by atoms with Crippen molar-refractivity contribution in [2.45, 2.75) is 18.3 Å². The van der Waals surface area contributed by atoms with Gasteiger partial charge in [-0.2, -0.15) is 0 Å². The van der Waals surface area contributed by atoms with E-state index >= 15 is 0 Å². The molecular formula is C6H8NaO9P. The molecule has 1 aliphatic heterocycles. The predicted octanol–water partition coefficient (Wildman–Crippen LogP) is -6.32. The van der Waals surface area contributed by atoms with Crippen LogP contribution in [0.5, 0.6) is 0 Å². The molecule has 92 valence electrons. The first-order valence-electron chi connectivity index (χ1n) is 4.01. The molecule has 0 radical (unpaired) electrons. The fourth-order valence-corrected chi connectivity index (χ4v) is 1.56. The summed E-state index contributed by atoms with van der Waals surface area (Å²) in [6.07, 6.45) is -5.51. The van der Waals surface area contributed by atoms with Crippen molar-refractivity contribution in [3.63, 3.8) is 0 Å². The molecule has 0 saturated carbocycles. The third kappa shape index (κ3) is 4.40. The zero-order chi connectivity index (χ0) is 12.5. The Kier molecular flexibility index (Phi) is 6.43. The van der Waals surface area contributed by atoms with E-state index in [0.29, 0.717) is 0 Å². The Morgan fingerprint density at radius 3 is 2.47 bits per heavy atom. The summed E-state index contributed by atoms with van der Waals surface area (Å²) >= 11 is 0. The second-order valence-corrected chi connectivity index (χ2v) is 4.11. The summed E-state index contributed by atoms with van der Waals surface area (Å²) in [7, 11) is -5.27. The molecule has 0 aromatic carbocycles. The molecular weight excluding hydrogens is 270 g/mol. The largest absolute Gasteiger partial charge is 1.00 e. The van der Waals surface area contributed by atoms with Gasteiger partial charge in [0.1, 0.15) is 6.10 Å². The molecule has 1 aliphatic rings. The van der Waals surface area contributed by atoms with Gasteiger partial charge in [-0.15, -0.1) is 0 Å². The Morgan fingerprint density at radius 2 is 2.06 bits per heavy atom. The van der Waals surface area contributed by atoms with Crippen molar-refractivity contribution in [3.8, 4) is 0 Å². The van der Waals surface area contributed by atoms with Crippen LogP contribution in [0.25, 0.3) is 0 Å². The number of aliphatic hydroxyl groups is 2. The van der Waals surface area contributed by atoms with Gasteiger partial charge >= 0.3 is 35.5 Å².